The second kappa shape index (κ2) is 9.23. The lowest BCUT2D eigenvalue weighted by Crippen LogP contribution is -2.28. The number of thioether (sulfide) groups is 1. The van der Waals surface area contributed by atoms with Crippen LogP contribution < -0.4 is 10.5 Å². The molecule has 5 nitrogen and oxygen atoms in total. The molecule has 0 aliphatic carbocycles. The first-order valence-electron chi connectivity index (χ1n) is 6.48. The Morgan fingerprint density at radius 1 is 1.35 bits per heavy atom. The molecule has 0 unspecified atom stereocenters. The number of nitrogens with two attached hydrogens (primary N) is 1. The quantitative estimate of drug-likeness (QED) is 0.390. The molecule has 0 aromatic heterocycles. The normalized spacial score (nSPS) is 11.7. The minimum absolute atomic E-state index is 0.108. The minimum Gasteiger partial charge on any atom is -0.399 e. The zero-order valence-electron chi connectivity index (χ0n) is 11.7. The van der Waals surface area contributed by atoms with E-state index < -0.39 is 10.0 Å². The van der Waals surface area contributed by atoms with Crippen LogP contribution in [-0.2, 0) is 14.8 Å². The van der Waals surface area contributed by atoms with Crippen LogP contribution in [0.25, 0.3) is 0 Å². The number of methoxy groups -OCH3 is 1. The van der Waals surface area contributed by atoms with E-state index >= 15 is 0 Å². The molecule has 20 heavy (non-hydrogen) atoms. The van der Waals surface area contributed by atoms with Crippen molar-refractivity contribution in [2.45, 2.75) is 17.7 Å². The Hall–Kier alpha value is -0.760. The second-order valence-electron chi connectivity index (χ2n) is 4.33. The molecular formula is C13H22N2O3S2. The van der Waals surface area contributed by atoms with Gasteiger partial charge in [-0.1, -0.05) is 6.07 Å². The van der Waals surface area contributed by atoms with Crippen molar-refractivity contribution >= 4 is 27.5 Å². The van der Waals surface area contributed by atoms with Crippen molar-refractivity contribution in [2.75, 3.05) is 37.5 Å². The highest BCUT2D eigenvalue weighted by molar-refractivity contribution is 8.00. The van der Waals surface area contributed by atoms with E-state index in [1.165, 1.54) is 11.8 Å². The molecule has 0 spiro atoms. The number of benzene rings is 1. The number of nitrogens with one attached hydrogen (secondary N) is 1. The van der Waals surface area contributed by atoms with E-state index in [0.717, 1.165) is 17.7 Å². The third kappa shape index (κ3) is 7.74. The maximum absolute atomic E-state index is 11.7. The van der Waals surface area contributed by atoms with Crippen LogP contribution in [0.15, 0.2) is 29.2 Å². The molecule has 1 aromatic carbocycles. The lowest BCUT2D eigenvalue weighted by molar-refractivity contribution is 0.193. The Balaban J connectivity index is 2.22. The fourth-order valence-electron chi connectivity index (χ4n) is 1.54. The van der Waals surface area contributed by atoms with Crippen molar-refractivity contribution in [1.29, 1.82) is 0 Å². The Morgan fingerprint density at radius 3 is 2.85 bits per heavy atom. The summed E-state index contributed by atoms with van der Waals surface area (Å²) in [7, 11) is -1.56. The van der Waals surface area contributed by atoms with Gasteiger partial charge in [-0.2, -0.15) is 0 Å². The fraction of sp³-hybridized carbons (Fsp3) is 0.538. The summed E-state index contributed by atoms with van der Waals surface area (Å²) in [6.07, 6.45) is 1.65. The Bertz CT molecular complexity index is 492. The maximum Gasteiger partial charge on any atom is 0.212 e. The van der Waals surface area contributed by atoms with Gasteiger partial charge in [0.2, 0.25) is 10.0 Å². The molecule has 0 fully saturated rings. The van der Waals surface area contributed by atoms with E-state index in [0.29, 0.717) is 24.6 Å². The van der Waals surface area contributed by atoms with E-state index in [9.17, 15) is 8.42 Å². The van der Waals surface area contributed by atoms with Crippen molar-refractivity contribution in [3.8, 4) is 0 Å². The largest absolute Gasteiger partial charge is 0.399 e. The number of hydrogen-bond acceptors (Lipinski definition) is 5. The van der Waals surface area contributed by atoms with Gasteiger partial charge in [0.05, 0.1) is 5.75 Å². The average Bonchev–Trinajstić information content (AvgIpc) is 2.38. The van der Waals surface area contributed by atoms with E-state index in [4.69, 9.17) is 10.5 Å². The van der Waals surface area contributed by atoms with Gasteiger partial charge in [-0.3, -0.25) is 0 Å². The zero-order valence-corrected chi connectivity index (χ0v) is 13.3. The standard InChI is InChI=1S/C13H22N2O3S2/c1-18-8-3-2-7-15-20(16,17)10-9-19-13-6-4-5-12(14)11-13/h4-6,11,15H,2-3,7-10,14H2,1H3. The zero-order chi connectivity index (χ0) is 14.8. The predicted octanol–water partition coefficient (Wildman–Crippen LogP) is 1.71. The molecule has 0 saturated carbocycles. The van der Waals surface area contributed by atoms with Gasteiger partial charge in [0.15, 0.2) is 0 Å². The van der Waals surface area contributed by atoms with Crippen molar-refractivity contribution in [1.82, 2.24) is 4.72 Å². The summed E-state index contributed by atoms with van der Waals surface area (Å²) in [4.78, 5) is 0.986. The molecule has 0 aliphatic heterocycles. The van der Waals surface area contributed by atoms with E-state index in [1.807, 2.05) is 24.3 Å². The predicted molar refractivity (Wildman–Crippen MR) is 84.5 cm³/mol. The van der Waals surface area contributed by atoms with Crippen LogP contribution in [0.4, 0.5) is 5.69 Å². The number of anilines is 1. The van der Waals surface area contributed by atoms with Gasteiger partial charge in [-0.25, -0.2) is 13.1 Å². The summed E-state index contributed by atoms with van der Waals surface area (Å²) in [5.41, 5.74) is 6.36. The Labute approximate surface area is 125 Å². The molecule has 0 aliphatic rings. The van der Waals surface area contributed by atoms with Gasteiger partial charge >= 0.3 is 0 Å². The highest BCUT2D eigenvalue weighted by atomic mass is 32.2. The SMILES string of the molecule is COCCCCNS(=O)(=O)CCSc1cccc(N)c1. The molecular weight excluding hydrogens is 296 g/mol. The van der Waals surface area contributed by atoms with E-state index in [-0.39, 0.29) is 5.75 Å². The third-order valence-corrected chi connectivity index (χ3v) is 5.22. The number of unbranched alkanes of at least 4 members (excludes halogenated alkanes) is 1. The maximum atomic E-state index is 11.7. The number of nitrogen functional groups attached to an aromatic ring is 1. The molecule has 0 atom stereocenters. The number of rotatable bonds is 10. The van der Waals surface area contributed by atoms with Crippen LogP contribution in [0.3, 0.4) is 0 Å². The molecule has 0 bridgehead atoms. The number of hydrogen-bond donors (Lipinski definition) is 2. The van der Waals surface area contributed by atoms with Crippen LogP contribution >= 0.6 is 11.8 Å². The first-order valence-corrected chi connectivity index (χ1v) is 9.12. The van der Waals surface area contributed by atoms with Crippen LogP contribution in [0.1, 0.15) is 12.8 Å². The molecule has 0 saturated heterocycles. The summed E-state index contributed by atoms with van der Waals surface area (Å²) in [5.74, 6) is 0.619. The summed E-state index contributed by atoms with van der Waals surface area (Å²) in [5, 5.41) is 0. The third-order valence-electron chi connectivity index (χ3n) is 2.58. The highest BCUT2D eigenvalue weighted by Crippen LogP contribution is 2.20. The lowest BCUT2D eigenvalue weighted by Gasteiger charge is -2.07. The van der Waals surface area contributed by atoms with E-state index in [1.54, 1.807) is 7.11 Å². The van der Waals surface area contributed by atoms with Crippen LogP contribution in [0, 0.1) is 0 Å². The molecule has 0 heterocycles. The van der Waals surface area contributed by atoms with Gasteiger partial charge in [-0.15, -0.1) is 11.8 Å². The van der Waals surface area contributed by atoms with Crippen molar-refractivity contribution in [3.05, 3.63) is 24.3 Å². The van der Waals surface area contributed by atoms with Crippen molar-refractivity contribution in [2.24, 2.45) is 0 Å². The summed E-state index contributed by atoms with van der Waals surface area (Å²) in [6, 6.07) is 7.43. The van der Waals surface area contributed by atoms with Gasteiger partial charge in [0.1, 0.15) is 0 Å². The summed E-state index contributed by atoms with van der Waals surface area (Å²) >= 11 is 1.49. The Morgan fingerprint density at radius 2 is 2.15 bits per heavy atom. The van der Waals surface area contributed by atoms with Gasteiger partial charge in [0.25, 0.3) is 0 Å². The number of ether oxygens (including phenoxy) is 1. The van der Waals surface area contributed by atoms with Crippen LogP contribution in [0.5, 0.6) is 0 Å². The van der Waals surface area contributed by atoms with Gasteiger partial charge < -0.3 is 10.5 Å². The van der Waals surface area contributed by atoms with Crippen LogP contribution in [-0.4, -0.2) is 40.2 Å². The molecule has 3 N–H and O–H groups in total. The summed E-state index contributed by atoms with van der Waals surface area (Å²) < 4.78 is 31.0. The van der Waals surface area contributed by atoms with E-state index in [2.05, 4.69) is 4.72 Å². The topological polar surface area (TPSA) is 81.4 Å². The van der Waals surface area contributed by atoms with Crippen molar-refractivity contribution in [3.63, 3.8) is 0 Å². The Kier molecular flexibility index (Phi) is 7.98. The molecule has 1 aromatic rings. The highest BCUT2D eigenvalue weighted by Gasteiger charge is 2.09. The molecule has 0 radical (unpaired) electrons. The monoisotopic (exact) mass is 318 g/mol. The molecule has 7 heteroatoms. The minimum atomic E-state index is -3.19. The van der Waals surface area contributed by atoms with Crippen molar-refractivity contribution < 1.29 is 13.2 Å². The number of sulfonamides is 1. The first-order chi connectivity index (χ1) is 9.53. The van der Waals surface area contributed by atoms with Gasteiger partial charge in [-0.05, 0) is 31.0 Å². The lowest BCUT2D eigenvalue weighted by atomic mass is 10.3. The average molecular weight is 318 g/mol. The molecule has 114 valence electrons. The second-order valence-corrected chi connectivity index (χ2v) is 7.43. The first kappa shape index (κ1) is 17.3. The van der Waals surface area contributed by atoms with Gasteiger partial charge in [0, 0.05) is 36.6 Å². The fourth-order valence-corrected chi connectivity index (χ4v) is 3.99. The smallest absolute Gasteiger partial charge is 0.212 e. The molecule has 0 amide bonds. The molecule has 1 rings (SSSR count). The van der Waals surface area contributed by atoms with Crippen LogP contribution in [0.2, 0.25) is 0 Å². The summed E-state index contributed by atoms with van der Waals surface area (Å²) in [6.45, 7) is 1.13.